The predicted octanol–water partition coefficient (Wildman–Crippen LogP) is 2.84. The van der Waals surface area contributed by atoms with Crippen molar-refractivity contribution in [1.82, 2.24) is 9.97 Å². The van der Waals surface area contributed by atoms with Crippen molar-refractivity contribution in [3.05, 3.63) is 40.8 Å². The zero-order valence-corrected chi connectivity index (χ0v) is 10.1. The number of rotatable bonds is 1. The van der Waals surface area contributed by atoms with Gasteiger partial charge in [-0.15, -0.1) is 0 Å². The number of hydrogen-bond acceptors (Lipinski definition) is 3. The van der Waals surface area contributed by atoms with Crippen molar-refractivity contribution in [2.24, 2.45) is 0 Å². The normalized spacial score (nSPS) is 13.3. The summed E-state index contributed by atoms with van der Waals surface area (Å²) in [6, 6.07) is 8.08. The summed E-state index contributed by atoms with van der Waals surface area (Å²) in [5, 5.41) is 0. The van der Waals surface area contributed by atoms with Crippen LogP contribution in [0.2, 0.25) is 0 Å². The minimum absolute atomic E-state index is 0.784. The summed E-state index contributed by atoms with van der Waals surface area (Å²) < 4.78 is 6.27. The van der Waals surface area contributed by atoms with Gasteiger partial charge in [0.2, 0.25) is 0 Å². The maximum Gasteiger partial charge on any atom is 0.122 e. The quantitative estimate of drug-likeness (QED) is 0.752. The fraction of sp³-hybridized carbons (Fsp3) is 0.167. The molecule has 0 bridgehead atoms. The third kappa shape index (κ3) is 1.69. The molecule has 0 saturated heterocycles. The first-order valence-electron chi connectivity index (χ1n) is 5.06. The van der Waals surface area contributed by atoms with E-state index in [1.54, 1.807) is 6.33 Å². The van der Waals surface area contributed by atoms with Gasteiger partial charge in [0, 0.05) is 12.0 Å². The highest BCUT2D eigenvalue weighted by Crippen LogP contribution is 2.29. The molecule has 0 unspecified atom stereocenters. The molecule has 0 atom stereocenters. The van der Waals surface area contributed by atoms with Crippen LogP contribution in [0.15, 0.2) is 35.2 Å². The summed E-state index contributed by atoms with van der Waals surface area (Å²) in [4.78, 5) is 8.27. The Hall–Kier alpha value is -1.42. The fourth-order valence-electron chi connectivity index (χ4n) is 1.84. The Kier molecular flexibility index (Phi) is 2.36. The van der Waals surface area contributed by atoms with Gasteiger partial charge in [-0.1, -0.05) is 0 Å². The minimum Gasteiger partial charge on any atom is -0.493 e. The van der Waals surface area contributed by atoms with Crippen LogP contribution in [0.1, 0.15) is 5.56 Å². The van der Waals surface area contributed by atoms with Crippen LogP contribution in [-0.4, -0.2) is 16.6 Å². The number of hydrogen-bond donors (Lipinski definition) is 0. The average Bonchev–Trinajstić information content (AvgIpc) is 2.75. The molecule has 16 heavy (non-hydrogen) atoms. The Morgan fingerprint density at radius 3 is 3.00 bits per heavy atom. The molecule has 4 heteroatoms. The van der Waals surface area contributed by atoms with Crippen LogP contribution in [0.3, 0.4) is 0 Å². The van der Waals surface area contributed by atoms with Crippen LogP contribution in [0.4, 0.5) is 0 Å². The molecule has 1 aromatic heterocycles. The zero-order valence-electron chi connectivity index (χ0n) is 8.48. The van der Waals surface area contributed by atoms with Gasteiger partial charge < -0.3 is 4.74 Å². The van der Waals surface area contributed by atoms with E-state index in [-0.39, 0.29) is 0 Å². The van der Waals surface area contributed by atoms with Gasteiger partial charge in [-0.3, -0.25) is 0 Å². The Bertz CT molecular complexity index is 542. The topological polar surface area (TPSA) is 35.0 Å². The molecule has 1 aromatic carbocycles. The smallest absolute Gasteiger partial charge is 0.122 e. The molecule has 0 spiro atoms. The SMILES string of the molecule is Brc1cc(-c2ccc3c(c2)CCO3)ncn1. The number of nitrogens with zero attached hydrogens (tertiary/aromatic N) is 2. The first-order valence-corrected chi connectivity index (χ1v) is 5.86. The third-order valence-corrected chi connectivity index (χ3v) is 3.05. The highest BCUT2D eigenvalue weighted by Gasteiger charge is 2.13. The van der Waals surface area contributed by atoms with Crippen molar-refractivity contribution in [3.8, 4) is 17.0 Å². The first-order chi connectivity index (χ1) is 7.83. The van der Waals surface area contributed by atoms with Crippen molar-refractivity contribution in [2.45, 2.75) is 6.42 Å². The highest BCUT2D eigenvalue weighted by molar-refractivity contribution is 9.10. The van der Waals surface area contributed by atoms with E-state index in [2.05, 4.69) is 32.0 Å². The number of benzene rings is 1. The van der Waals surface area contributed by atoms with Gasteiger partial charge in [-0.05, 0) is 45.8 Å². The number of fused-ring (bicyclic) bond motifs is 1. The number of ether oxygens (including phenoxy) is 1. The van der Waals surface area contributed by atoms with Gasteiger partial charge in [0.25, 0.3) is 0 Å². The molecule has 1 aliphatic rings. The van der Waals surface area contributed by atoms with Crippen LogP contribution in [0.5, 0.6) is 5.75 Å². The van der Waals surface area contributed by atoms with Crippen LogP contribution in [-0.2, 0) is 6.42 Å². The lowest BCUT2D eigenvalue weighted by Gasteiger charge is -2.03. The van der Waals surface area contributed by atoms with E-state index < -0.39 is 0 Å². The summed E-state index contributed by atoms with van der Waals surface area (Å²) in [6.07, 6.45) is 2.54. The van der Waals surface area contributed by atoms with Crippen molar-refractivity contribution >= 4 is 15.9 Å². The number of halogens is 1. The molecule has 3 rings (SSSR count). The van der Waals surface area contributed by atoms with Crippen LogP contribution in [0, 0.1) is 0 Å². The van der Waals surface area contributed by atoms with E-state index >= 15 is 0 Å². The maximum atomic E-state index is 5.47. The third-order valence-electron chi connectivity index (χ3n) is 2.62. The Balaban J connectivity index is 2.07. The molecule has 0 amide bonds. The summed E-state index contributed by atoms with van der Waals surface area (Å²) in [5.41, 5.74) is 3.29. The van der Waals surface area contributed by atoms with Gasteiger partial charge in [-0.2, -0.15) is 0 Å². The molecule has 80 valence electrons. The lowest BCUT2D eigenvalue weighted by molar-refractivity contribution is 0.357. The van der Waals surface area contributed by atoms with Crippen molar-refractivity contribution in [1.29, 1.82) is 0 Å². The average molecular weight is 277 g/mol. The van der Waals surface area contributed by atoms with E-state index in [0.717, 1.165) is 34.6 Å². The van der Waals surface area contributed by atoms with Gasteiger partial charge in [0.05, 0.1) is 12.3 Å². The summed E-state index contributed by atoms with van der Waals surface area (Å²) >= 11 is 3.35. The molecule has 0 saturated carbocycles. The lowest BCUT2D eigenvalue weighted by atomic mass is 10.1. The molecule has 0 aliphatic carbocycles. The van der Waals surface area contributed by atoms with E-state index in [1.807, 2.05) is 18.2 Å². The monoisotopic (exact) mass is 276 g/mol. The molecule has 0 fully saturated rings. The molecular formula is C12H9BrN2O. The first kappa shape index (κ1) is 9.78. The minimum atomic E-state index is 0.784. The van der Waals surface area contributed by atoms with Crippen molar-refractivity contribution in [3.63, 3.8) is 0 Å². The van der Waals surface area contributed by atoms with Crippen LogP contribution >= 0.6 is 15.9 Å². The van der Waals surface area contributed by atoms with Gasteiger partial charge in [-0.25, -0.2) is 9.97 Å². The Morgan fingerprint density at radius 1 is 1.19 bits per heavy atom. The standard InChI is InChI=1S/C12H9BrN2O/c13-12-6-10(14-7-15-12)8-1-2-11-9(5-8)3-4-16-11/h1-2,5-7H,3-4H2. The highest BCUT2D eigenvalue weighted by atomic mass is 79.9. The van der Waals surface area contributed by atoms with Gasteiger partial charge >= 0.3 is 0 Å². The van der Waals surface area contributed by atoms with E-state index in [9.17, 15) is 0 Å². The zero-order chi connectivity index (χ0) is 11.0. The molecule has 0 N–H and O–H groups in total. The molecular weight excluding hydrogens is 268 g/mol. The van der Waals surface area contributed by atoms with Gasteiger partial charge in [0.15, 0.2) is 0 Å². The Labute approximate surface area is 102 Å². The molecule has 2 heterocycles. The number of aromatic nitrogens is 2. The van der Waals surface area contributed by atoms with E-state index in [4.69, 9.17) is 4.74 Å². The van der Waals surface area contributed by atoms with Crippen molar-refractivity contribution in [2.75, 3.05) is 6.61 Å². The van der Waals surface area contributed by atoms with Crippen LogP contribution < -0.4 is 4.74 Å². The Morgan fingerprint density at radius 2 is 2.12 bits per heavy atom. The largest absolute Gasteiger partial charge is 0.493 e. The lowest BCUT2D eigenvalue weighted by Crippen LogP contribution is -1.87. The molecule has 0 radical (unpaired) electrons. The second kappa shape index (κ2) is 3.87. The molecule has 2 aromatic rings. The van der Waals surface area contributed by atoms with E-state index in [1.165, 1.54) is 5.56 Å². The second-order valence-electron chi connectivity index (χ2n) is 3.65. The van der Waals surface area contributed by atoms with Crippen molar-refractivity contribution < 1.29 is 4.74 Å². The maximum absolute atomic E-state index is 5.47. The van der Waals surface area contributed by atoms with Crippen LogP contribution in [0.25, 0.3) is 11.3 Å². The summed E-state index contributed by atoms with van der Waals surface area (Å²) in [5.74, 6) is 0.997. The second-order valence-corrected chi connectivity index (χ2v) is 4.46. The molecule has 1 aliphatic heterocycles. The van der Waals surface area contributed by atoms with E-state index in [0.29, 0.717) is 0 Å². The molecule has 3 nitrogen and oxygen atoms in total. The summed E-state index contributed by atoms with van der Waals surface area (Å²) in [7, 11) is 0. The fourth-order valence-corrected chi connectivity index (χ4v) is 2.15. The predicted molar refractivity (Wildman–Crippen MR) is 64.4 cm³/mol. The summed E-state index contributed by atoms with van der Waals surface area (Å²) in [6.45, 7) is 0.784. The van der Waals surface area contributed by atoms with Gasteiger partial charge in [0.1, 0.15) is 16.7 Å².